The Labute approximate surface area is 173 Å². The molecule has 10 nitrogen and oxygen atoms in total. The molecule has 1 aliphatic heterocycles. The molecule has 1 aliphatic rings. The maximum absolute atomic E-state index is 12.4. The molecule has 0 radical (unpaired) electrons. The fourth-order valence-electron chi connectivity index (χ4n) is 3.07. The molecular formula is C20H26N2O8. The smallest absolute Gasteiger partial charge is 0.341 e. The molecule has 4 N–H and O–H groups in total. The number of amides is 1. The fraction of sp³-hybridized carbons (Fsp3) is 0.500. The van der Waals surface area contributed by atoms with Gasteiger partial charge in [0.2, 0.25) is 5.91 Å². The minimum atomic E-state index is -1.24. The fourth-order valence-corrected chi connectivity index (χ4v) is 3.07. The van der Waals surface area contributed by atoms with E-state index in [9.17, 15) is 19.2 Å². The van der Waals surface area contributed by atoms with Crippen LogP contribution in [0.1, 0.15) is 36.0 Å². The van der Waals surface area contributed by atoms with Gasteiger partial charge in [0.25, 0.3) is 0 Å². The van der Waals surface area contributed by atoms with Gasteiger partial charge in [-0.15, -0.1) is 0 Å². The molecule has 0 bridgehead atoms. The van der Waals surface area contributed by atoms with E-state index in [0.29, 0.717) is 12.3 Å². The second kappa shape index (κ2) is 11.8. The van der Waals surface area contributed by atoms with Gasteiger partial charge in [-0.2, -0.15) is 0 Å². The number of ketones is 1. The number of Topliss-reactive ketones (excluding diaryl/α,β-unsaturated/α-hetero) is 1. The van der Waals surface area contributed by atoms with Gasteiger partial charge in [-0.05, 0) is 56.5 Å². The van der Waals surface area contributed by atoms with Gasteiger partial charge in [0.15, 0.2) is 30.5 Å². The lowest BCUT2D eigenvalue weighted by atomic mass is 9.93. The van der Waals surface area contributed by atoms with Crippen LogP contribution in [0.5, 0.6) is 11.5 Å². The second-order valence-corrected chi connectivity index (χ2v) is 6.96. The van der Waals surface area contributed by atoms with Crippen molar-refractivity contribution < 1.29 is 38.9 Å². The maximum Gasteiger partial charge on any atom is 0.341 e. The van der Waals surface area contributed by atoms with Crippen LogP contribution in [0.25, 0.3) is 0 Å². The molecule has 2 rings (SSSR count). The number of carbonyl (C=O) groups is 4. The predicted molar refractivity (Wildman–Crippen MR) is 105 cm³/mol. The highest BCUT2D eigenvalue weighted by Crippen LogP contribution is 2.28. The van der Waals surface area contributed by atoms with Gasteiger partial charge >= 0.3 is 11.9 Å². The molecule has 1 saturated heterocycles. The van der Waals surface area contributed by atoms with Gasteiger partial charge in [-0.1, -0.05) is 0 Å². The first-order valence-electron chi connectivity index (χ1n) is 9.69. The third kappa shape index (κ3) is 8.08. The number of nitrogens with one attached hydrogen (secondary N) is 2. The first-order chi connectivity index (χ1) is 14.3. The number of carbonyl (C=O) groups excluding carboxylic acids is 2. The van der Waals surface area contributed by atoms with Crippen molar-refractivity contribution in [3.8, 4) is 11.5 Å². The van der Waals surface area contributed by atoms with Crippen LogP contribution in [0.2, 0.25) is 0 Å². The van der Waals surface area contributed by atoms with Crippen molar-refractivity contribution in [2.24, 2.45) is 5.92 Å². The number of aliphatic carboxylic acids is 2. The first kappa shape index (κ1) is 23.1. The van der Waals surface area contributed by atoms with E-state index in [0.717, 1.165) is 32.4 Å². The molecule has 1 fully saturated rings. The first-order valence-corrected chi connectivity index (χ1v) is 9.69. The third-order valence-electron chi connectivity index (χ3n) is 4.65. The molecule has 1 amide bonds. The zero-order valence-electron chi connectivity index (χ0n) is 16.5. The summed E-state index contributed by atoms with van der Waals surface area (Å²) in [5.74, 6) is -2.60. The van der Waals surface area contributed by atoms with Crippen molar-refractivity contribution in [1.29, 1.82) is 0 Å². The van der Waals surface area contributed by atoms with Gasteiger partial charge < -0.3 is 30.3 Å². The van der Waals surface area contributed by atoms with Gasteiger partial charge in [-0.25, -0.2) is 9.59 Å². The second-order valence-electron chi connectivity index (χ2n) is 6.96. The summed E-state index contributed by atoms with van der Waals surface area (Å²) < 4.78 is 10.1. The molecule has 0 saturated carbocycles. The summed E-state index contributed by atoms with van der Waals surface area (Å²) in [7, 11) is 0. The van der Waals surface area contributed by atoms with Crippen molar-refractivity contribution >= 4 is 23.6 Å². The molecule has 1 heterocycles. The zero-order chi connectivity index (χ0) is 21.9. The molecule has 164 valence electrons. The summed E-state index contributed by atoms with van der Waals surface area (Å²) in [6.07, 6.45) is 3.22. The minimum Gasteiger partial charge on any atom is -0.479 e. The van der Waals surface area contributed by atoms with E-state index < -0.39 is 30.9 Å². The Hall–Kier alpha value is -3.14. The summed E-state index contributed by atoms with van der Waals surface area (Å²) >= 11 is 0. The average Bonchev–Trinajstić information content (AvgIpc) is 2.73. The van der Waals surface area contributed by atoms with E-state index in [4.69, 9.17) is 19.7 Å². The number of benzene rings is 1. The highest BCUT2D eigenvalue weighted by atomic mass is 16.5. The number of carboxylic acid groups (broad SMARTS) is 2. The van der Waals surface area contributed by atoms with Crippen LogP contribution >= 0.6 is 0 Å². The standard InChI is InChI=1S/C20H26N2O8/c23-15(10-22-18(24)4-1-13-5-7-21-8-6-13)14-2-3-16(29-11-19(25)26)17(9-14)30-12-20(27)28/h2-3,9,13,21H,1,4-8,10-12H2,(H,22,24)(H,25,26)(H,27,28). The Balaban J connectivity index is 1.91. The summed E-state index contributed by atoms with van der Waals surface area (Å²) in [5.41, 5.74) is 0.178. The molecule has 1 aromatic carbocycles. The lowest BCUT2D eigenvalue weighted by Gasteiger charge is -2.22. The monoisotopic (exact) mass is 422 g/mol. The van der Waals surface area contributed by atoms with Crippen molar-refractivity contribution in [2.75, 3.05) is 32.8 Å². The maximum atomic E-state index is 12.4. The van der Waals surface area contributed by atoms with Crippen molar-refractivity contribution in [2.45, 2.75) is 25.7 Å². The van der Waals surface area contributed by atoms with Crippen molar-refractivity contribution in [3.63, 3.8) is 0 Å². The Bertz CT molecular complexity index is 774. The zero-order valence-corrected chi connectivity index (χ0v) is 16.5. The number of piperidine rings is 1. The van der Waals surface area contributed by atoms with E-state index in [1.807, 2.05) is 0 Å². The number of rotatable bonds is 12. The molecule has 10 heteroatoms. The minimum absolute atomic E-state index is 0.00112. The lowest BCUT2D eigenvalue weighted by Crippen LogP contribution is -2.31. The molecular weight excluding hydrogens is 396 g/mol. The van der Waals surface area contributed by atoms with Crippen molar-refractivity contribution in [3.05, 3.63) is 23.8 Å². The normalized spacial score (nSPS) is 14.0. The van der Waals surface area contributed by atoms with Crippen LogP contribution in [0.15, 0.2) is 18.2 Å². The van der Waals surface area contributed by atoms with Crippen LogP contribution in [-0.4, -0.2) is 66.7 Å². The Kier molecular flexibility index (Phi) is 9.07. The van der Waals surface area contributed by atoms with Crippen LogP contribution < -0.4 is 20.1 Å². The molecule has 0 atom stereocenters. The van der Waals surface area contributed by atoms with Gasteiger partial charge in [-0.3, -0.25) is 9.59 Å². The molecule has 1 aromatic rings. The summed E-state index contributed by atoms with van der Waals surface area (Å²) in [6, 6.07) is 3.99. The third-order valence-corrected chi connectivity index (χ3v) is 4.65. The quantitative estimate of drug-likeness (QED) is 0.357. The molecule has 30 heavy (non-hydrogen) atoms. The average molecular weight is 422 g/mol. The van der Waals surface area contributed by atoms with Gasteiger partial charge in [0.05, 0.1) is 6.54 Å². The summed E-state index contributed by atoms with van der Waals surface area (Å²) in [5, 5.41) is 23.4. The molecule has 0 aliphatic carbocycles. The number of carboxylic acids is 2. The molecule has 0 unspecified atom stereocenters. The van der Waals surface area contributed by atoms with E-state index >= 15 is 0 Å². The van der Waals surface area contributed by atoms with Crippen molar-refractivity contribution in [1.82, 2.24) is 10.6 Å². The highest BCUT2D eigenvalue weighted by molar-refractivity contribution is 5.99. The van der Waals surface area contributed by atoms with Crippen LogP contribution in [0.4, 0.5) is 0 Å². The molecule has 0 aromatic heterocycles. The van der Waals surface area contributed by atoms with Crippen LogP contribution in [-0.2, 0) is 14.4 Å². The number of hydrogen-bond donors (Lipinski definition) is 4. The summed E-state index contributed by atoms with van der Waals surface area (Å²) in [4.78, 5) is 45.8. The number of hydrogen-bond acceptors (Lipinski definition) is 7. The van der Waals surface area contributed by atoms with Gasteiger partial charge in [0, 0.05) is 12.0 Å². The Morgan fingerprint density at radius 3 is 2.27 bits per heavy atom. The Morgan fingerprint density at radius 1 is 1.00 bits per heavy atom. The van der Waals surface area contributed by atoms with E-state index in [1.165, 1.54) is 18.2 Å². The van der Waals surface area contributed by atoms with E-state index in [2.05, 4.69) is 10.6 Å². The number of ether oxygens (including phenoxy) is 2. The molecule has 0 spiro atoms. The van der Waals surface area contributed by atoms with Crippen LogP contribution in [0.3, 0.4) is 0 Å². The largest absolute Gasteiger partial charge is 0.479 e. The summed E-state index contributed by atoms with van der Waals surface area (Å²) in [6.45, 7) is 0.379. The predicted octanol–water partition coefficient (Wildman–Crippen LogP) is 0.692. The SMILES string of the molecule is O=C(O)COc1ccc(C(=O)CNC(=O)CCC2CCNCC2)cc1OCC(=O)O. The lowest BCUT2D eigenvalue weighted by molar-refractivity contribution is -0.140. The van der Waals surface area contributed by atoms with Crippen LogP contribution in [0, 0.1) is 5.92 Å². The topological polar surface area (TPSA) is 151 Å². The van der Waals surface area contributed by atoms with E-state index in [1.54, 1.807) is 0 Å². The highest BCUT2D eigenvalue weighted by Gasteiger charge is 2.17. The van der Waals surface area contributed by atoms with Gasteiger partial charge in [0.1, 0.15) is 0 Å². The Morgan fingerprint density at radius 2 is 1.63 bits per heavy atom. The van der Waals surface area contributed by atoms with E-state index in [-0.39, 0.29) is 29.5 Å².